The van der Waals surface area contributed by atoms with E-state index in [9.17, 15) is 0 Å². The van der Waals surface area contributed by atoms with Gasteiger partial charge in [-0.1, -0.05) is 31.5 Å². The molecular formula is C9H11ClOS. The molecule has 3 heteroatoms. The predicted molar refractivity (Wildman–Crippen MR) is 55.2 cm³/mol. The number of hydrogen-bond donors (Lipinski definition) is 1. The first-order valence-electron chi connectivity index (χ1n) is 3.76. The van der Waals surface area contributed by atoms with Gasteiger partial charge in [0.2, 0.25) is 0 Å². The first-order chi connectivity index (χ1) is 5.65. The molecule has 1 aromatic carbocycles. The molecule has 0 aliphatic carbocycles. The van der Waals surface area contributed by atoms with E-state index in [1.54, 1.807) is 0 Å². The van der Waals surface area contributed by atoms with Crippen LogP contribution in [0.15, 0.2) is 18.2 Å². The Balaban J connectivity index is 3.02. The van der Waals surface area contributed by atoms with Gasteiger partial charge in [-0.3, -0.25) is 0 Å². The van der Waals surface area contributed by atoms with Crippen LogP contribution in [0.5, 0.6) is 5.75 Å². The van der Waals surface area contributed by atoms with Crippen molar-refractivity contribution in [2.24, 2.45) is 0 Å². The highest BCUT2D eigenvalue weighted by Gasteiger charge is 2.04. The minimum absolute atomic E-state index is 0.483. The molecule has 1 rings (SSSR count). The van der Waals surface area contributed by atoms with Gasteiger partial charge in [-0.05, 0) is 23.6 Å². The number of thiol groups is 1. The quantitative estimate of drug-likeness (QED) is 0.569. The largest absolute Gasteiger partial charge is 0.427 e. The Morgan fingerprint density at radius 1 is 1.42 bits per heavy atom. The fourth-order valence-electron chi connectivity index (χ4n) is 0.950. The first kappa shape index (κ1) is 9.75. The Morgan fingerprint density at radius 3 is 2.50 bits per heavy atom. The average molecular weight is 203 g/mol. The van der Waals surface area contributed by atoms with E-state index in [1.165, 1.54) is 5.56 Å². The maximum absolute atomic E-state index is 5.90. The molecule has 0 spiro atoms. The third-order valence-corrected chi connectivity index (χ3v) is 2.21. The van der Waals surface area contributed by atoms with E-state index in [-0.39, 0.29) is 0 Å². The molecule has 0 bridgehead atoms. The summed E-state index contributed by atoms with van der Waals surface area (Å²) in [7, 11) is 0. The predicted octanol–water partition coefficient (Wildman–Crippen LogP) is 3.69. The summed E-state index contributed by atoms with van der Waals surface area (Å²) in [5, 5.41) is 0.608. The van der Waals surface area contributed by atoms with Crippen molar-refractivity contribution in [2.45, 2.75) is 19.8 Å². The summed E-state index contributed by atoms with van der Waals surface area (Å²) < 4.78 is 4.74. The molecule has 0 fully saturated rings. The van der Waals surface area contributed by atoms with Gasteiger partial charge in [0.1, 0.15) is 0 Å². The lowest BCUT2D eigenvalue weighted by atomic mass is 10.0. The van der Waals surface area contributed by atoms with Gasteiger partial charge >= 0.3 is 0 Å². The molecule has 0 atom stereocenters. The smallest absolute Gasteiger partial charge is 0.155 e. The van der Waals surface area contributed by atoms with Crippen molar-refractivity contribution in [1.29, 1.82) is 0 Å². The summed E-state index contributed by atoms with van der Waals surface area (Å²) in [6, 6.07) is 5.71. The monoisotopic (exact) mass is 202 g/mol. The maximum atomic E-state index is 5.90. The van der Waals surface area contributed by atoms with Crippen molar-refractivity contribution in [3.63, 3.8) is 0 Å². The molecule has 0 heterocycles. The van der Waals surface area contributed by atoms with Gasteiger partial charge in [0.15, 0.2) is 5.75 Å². The van der Waals surface area contributed by atoms with Gasteiger partial charge in [0.05, 0.1) is 5.02 Å². The van der Waals surface area contributed by atoms with Crippen LogP contribution in [0.25, 0.3) is 0 Å². The zero-order chi connectivity index (χ0) is 9.14. The zero-order valence-electron chi connectivity index (χ0n) is 7.04. The van der Waals surface area contributed by atoms with Crippen molar-refractivity contribution in [3.05, 3.63) is 28.8 Å². The zero-order valence-corrected chi connectivity index (χ0v) is 8.69. The van der Waals surface area contributed by atoms with Gasteiger partial charge < -0.3 is 4.18 Å². The molecule has 0 saturated heterocycles. The van der Waals surface area contributed by atoms with Gasteiger partial charge in [0, 0.05) is 12.9 Å². The van der Waals surface area contributed by atoms with Crippen LogP contribution < -0.4 is 4.18 Å². The number of rotatable bonds is 2. The second-order valence-electron chi connectivity index (χ2n) is 2.94. The summed E-state index contributed by atoms with van der Waals surface area (Å²) in [6.45, 7) is 4.24. The van der Waals surface area contributed by atoms with Crippen LogP contribution in [0.4, 0.5) is 0 Å². The average Bonchev–Trinajstić information content (AvgIpc) is 2.04. The summed E-state index contributed by atoms with van der Waals surface area (Å²) >= 11 is 9.58. The molecule has 1 nitrogen and oxygen atoms in total. The number of benzene rings is 1. The molecule has 1 aromatic rings. The van der Waals surface area contributed by atoms with E-state index in [4.69, 9.17) is 15.8 Å². The summed E-state index contributed by atoms with van der Waals surface area (Å²) in [5.41, 5.74) is 1.20. The Labute approximate surface area is 83.3 Å². The van der Waals surface area contributed by atoms with Crippen molar-refractivity contribution >= 4 is 24.5 Å². The highest BCUT2D eigenvalue weighted by molar-refractivity contribution is 7.75. The minimum atomic E-state index is 0.483. The second-order valence-corrected chi connectivity index (χ2v) is 3.53. The molecule has 0 aliphatic heterocycles. The van der Waals surface area contributed by atoms with E-state index < -0.39 is 0 Å². The summed E-state index contributed by atoms with van der Waals surface area (Å²) in [6.07, 6.45) is 0. The second kappa shape index (κ2) is 4.06. The Morgan fingerprint density at radius 2 is 2.08 bits per heavy atom. The van der Waals surface area contributed by atoms with Crippen molar-refractivity contribution in [2.75, 3.05) is 0 Å². The molecule has 0 amide bonds. The van der Waals surface area contributed by atoms with Crippen LogP contribution in [-0.4, -0.2) is 0 Å². The van der Waals surface area contributed by atoms with Crippen LogP contribution in [0.3, 0.4) is 0 Å². The molecule has 66 valence electrons. The molecule has 0 unspecified atom stereocenters. The van der Waals surface area contributed by atoms with Gasteiger partial charge in [0.25, 0.3) is 0 Å². The van der Waals surface area contributed by atoms with E-state index in [1.807, 2.05) is 18.2 Å². The van der Waals surface area contributed by atoms with Gasteiger partial charge in [-0.15, -0.1) is 0 Å². The third kappa shape index (κ3) is 2.08. The molecule has 0 aromatic heterocycles. The Bertz CT molecular complexity index is 273. The highest BCUT2D eigenvalue weighted by atomic mass is 35.5. The van der Waals surface area contributed by atoms with Crippen LogP contribution in [0.1, 0.15) is 25.3 Å². The lowest BCUT2D eigenvalue weighted by Gasteiger charge is -2.07. The van der Waals surface area contributed by atoms with Crippen molar-refractivity contribution < 1.29 is 4.18 Å². The SMILES string of the molecule is CC(C)c1ccc(OS)c(Cl)c1. The van der Waals surface area contributed by atoms with Crippen LogP contribution >= 0.6 is 24.5 Å². The summed E-state index contributed by atoms with van der Waals surface area (Å²) in [5.74, 6) is 1.08. The van der Waals surface area contributed by atoms with Gasteiger partial charge in [-0.2, -0.15) is 0 Å². The molecule has 0 N–H and O–H groups in total. The maximum Gasteiger partial charge on any atom is 0.155 e. The lowest BCUT2D eigenvalue weighted by Crippen LogP contribution is -1.87. The van der Waals surface area contributed by atoms with Gasteiger partial charge in [-0.25, -0.2) is 0 Å². The fraction of sp³-hybridized carbons (Fsp3) is 0.333. The highest BCUT2D eigenvalue weighted by Crippen LogP contribution is 2.28. The Kier molecular flexibility index (Phi) is 3.29. The summed E-state index contributed by atoms with van der Waals surface area (Å²) in [4.78, 5) is 0. The minimum Gasteiger partial charge on any atom is -0.427 e. The van der Waals surface area contributed by atoms with Crippen LogP contribution in [-0.2, 0) is 0 Å². The lowest BCUT2D eigenvalue weighted by molar-refractivity contribution is 0.658. The van der Waals surface area contributed by atoms with E-state index in [0.29, 0.717) is 16.7 Å². The van der Waals surface area contributed by atoms with Crippen molar-refractivity contribution in [3.8, 4) is 5.75 Å². The fourth-order valence-corrected chi connectivity index (χ4v) is 1.39. The molecular weight excluding hydrogens is 192 g/mol. The molecule has 0 aliphatic rings. The normalized spacial score (nSPS) is 10.4. The molecule has 0 radical (unpaired) electrons. The van der Waals surface area contributed by atoms with Crippen LogP contribution in [0.2, 0.25) is 5.02 Å². The number of hydrogen-bond acceptors (Lipinski definition) is 2. The van der Waals surface area contributed by atoms with Crippen LogP contribution in [0, 0.1) is 0 Å². The standard InChI is InChI=1S/C9H11ClOS/c1-6(2)7-3-4-9(11-12)8(10)5-7/h3-6,12H,1-2H3. The van der Waals surface area contributed by atoms with Crippen molar-refractivity contribution in [1.82, 2.24) is 0 Å². The van der Waals surface area contributed by atoms with E-state index in [2.05, 4.69) is 26.8 Å². The molecule has 12 heavy (non-hydrogen) atoms. The van der Waals surface area contributed by atoms with E-state index in [0.717, 1.165) is 0 Å². The first-order valence-corrected chi connectivity index (χ1v) is 4.50. The Hall–Kier alpha value is -0.340. The van der Waals surface area contributed by atoms with E-state index >= 15 is 0 Å². The third-order valence-electron chi connectivity index (χ3n) is 1.72. The number of halogens is 1. The molecule has 0 saturated carbocycles. The topological polar surface area (TPSA) is 9.23 Å².